The van der Waals surface area contributed by atoms with Crippen molar-refractivity contribution in [3.05, 3.63) is 33.3 Å². The van der Waals surface area contributed by atoms with Gasteiger partial charge in [-0.15, -0.1) is 0 Å². The van der Waals surface area contributed by atoms with Crippen LogP contribution >= 0.6 is 27.5 Å². The minimum Gasteiger partial charge on any atom is -0.285 e. The third-order valence-electron chi connectivity index (χ3n) is 2.81. The topological polar surface area (TPSA) is 32.3 Å². The molecule has 0 bridgehead atoms. The van der Waals surface area contributed by atoms with E-state index in [0.717, 1.165) is 30.4 Å². The van der Waals surface area contributed by atoms with Crippen molar-refractivity contribution in [2.75, 3.05) is 13.1 Å². The number of hydrazine groups is 1. The van der Waals surface area contributed by atoms with Crippen LogP contribution in [-0.4, -0.2) is 24.0 Å². The van der Waals surface area contributed by atoms with E-state index in [1.807, 2.05) is 11.1 Å². The maximum Gasteiger partial charge on any atom is 0.267 e. The number of nitrogens with zero attached hydrogens (tertiary/aromatic N) is 1. The lowest BCUT2D eigenvalue weighted by atomic mass is 10.1. The molecule has 0 saturated carbocycles. The predicted octanol–water partition coefficient (Wildman–Crippen LogP) is 3.23. The minimum atomic E-state index is -0.141. The first kappa shape index (κ1) is 12.9. The highest BCUT2D eigenvalue weighted by molar-refractivity contribution is 9.10. The van der Waals surface area contributed by atoms with Crippen molar-refractivity contribution in [3.8, 4) is 0 Å². The summed E-state index contributed by atoms with van der Waals surface area (Å²) in [6.07, 6.45) is 3.50. The number of hydrogen-bond donors (Lipinski definition) is 1. The Kier molecular flexibility index (Phi) is 4.42. The van der Waals surface area contributed by atoms with E-state index in [1.54, 1.807) is 12.1 Å². The van der Waals surface area contributed by atoms with Crippen molar-refractivity contribution < 1.29 is 4.79 Å². The summed E-state index contributed by atoms with van der Waals surface area (Å²) >= 11 is 9.39. The number of carbonyl (C=O) groups excluding carboxylic acids is 1. The molecule has 5 heteroatoms. The molecule has 2 rings (SSSR count). The average Bonchev–Trinajstić information content (AvgIpc) is 2.34. The normalized spacial score (nSPS) is 16.8. The standard InChI is InChI=1S/C12H14BrClN2O/c13-10-6-4-5-9(11(10)14)12(17)15-16-7-2-1-3-8-16/h4-6H,1-3,7-8H2,(H,15,17). The summed E-state index contributed by atoms with van der Waals surface area (Å²) in [5.74, 6) is -0.141. The smallest absolute Gasteiger partial charge is 0.267 e. The summed E-state index contributed by atoms with van der Waals surface area (Å²) in [6, 6.07) is 5.35. The molecule has 1 fully saturated rings. The number of rotatable bonds is 2. The van der Waals surface area contributed by atoms with Gasteiger partial charge in [-0.2, -0.15) is 0 Å². The highest BCUT2D eigenvalue weighted by Gasteiger charge is 2.16. The third kappa shape index (κ3) is 3.21. The Morgan fingerprint density at radius 3 is 2.71 bits per heavy atom. The number of amides is 1. The lowest BCUT2D eigenvalue weighted by molar-refractivity contribution is 0.0750. The van der Waals surface area contributed by atoms with E-state index in [2.05, 4.69) is 21.4 Å². The Balaban J connectivity index is 2.06. The Morgan fingerprint density at radius 2 is 2.00 bits per heavy atom. The molecule has 0 spiro atoms. The number of piperidine rings is 1. The van der Waals surface area contributed by atoms with Crippen LogP contribution in [-0.2, 0) is 0 Å². The summed E-state index contributed by atoms with van der Waals surface area (Å²) in [7, 11) is 0. The van der Waals surface area contributed by atoms with Gasteiger partial charge in [0.05, 0.1) is 10.6 Å². The quantitative estimate of drug-likeness (QED) is 0.908. The van der Waals surface area contributed by atoms with Gasteiger partial charge in [0.2, 0.25) is 0 Å². The van der Waals surface area contributed by atoms with Gasteiger partial charge in [-0.05, 0) is 40.9 Å². The molecule has 1 aliphatic heterocycles. The van der Waals surface area contributed by atoms with Gasteiger partial charge in [0.25, 0.3) is 5.91 Å². The lowest BCUT2D eigenvalue weighted by Gasteiger charge is -2.26. The van der Waals surface area contributed by atoms with Crippen LogP contribution in [0.3, 0.4) is 0 Å². The number of hydrogen-bond acceptors (Lipinski definition) is 2. The molecule has 0 aromatic heterocycles. The Labute approximate surface area is 114 Å². The lowest BCUT2D eigenvalue weighted by Crippen LogP contribution is -2.45. The number of nitrogens with one attached hydrogen (secondary N) is 1. The zero-order chi connectivity index (χ0) is 12.3. The van der Waals surface area contributed by atoms with Gasteiger partial charge in [-0.3, -0.25) is 10.2 Å². The van der Waals surface area contributed by atoms with E-state index in [9.17, 15) is 4.79 Å². The first-order chi connectivity index (χ1) is 8.18. The molecular formula is C12H14BrClN2O. The second-order valence-corrected chi connectivity index (χ2v) is 5.32. The van der Waals surface area contributed by atoms with Crippen LogP contribution in [0.1, 0.15) is 29.6 Å². The van der Waals surface area contributed by atoms with E-state index in [4.69, 9.17) is 11.6 Å². The number of halogens is 2. The van der Waals surface area contributed by atoms with Crippen molar-refractivity contribution in [2.24, 2.45) is 0 Å². The molecule has 0 atom stereocenters. The highest BCUT2D eigenvalue weighted by atomic mass is 79.9. The first-order valence-electron chi connectivity index (χ1n) is 5.68. The minimum absolute atomic E-state index is 0.141. The molecule has 1 aliphatic rings. The van der Waals surface area contributed by atoms with Gasteiger partial charge in [0.15, 0.2) is 0 Å². The van der Waals surface area contributed by atoms with Crippen LogP contribution < -0.4 is 5.43 Å². The van der Waals surface area contributed by atoms with Gasteiger partial charge in [-0.25, -0.2) is 5.01 Å². The summed E-state index contributed by atoms with van der Waals surface area (Å²) < 4.78 is 0.741. The fourth-order valence-electron chi connectivity index (χ4n) is 1.89. The third-order valence-corrected chi connectivity index (χ3v) is 4.11. The van der Waals surface area contributed by atoms with E-state index >= 15 is 0 Å². The van der Waals surface area contributed by atoms with Crippen molar-refractivity contribution in [2.45, 2.75) is 19.3 Å². The Bertz CT molecular complexity index is 419. The van der Waals surface area contributed by atoms with Crippen molar-refractivity contribution in [1.82, 2.24) is 10.4 Å². The van der Waals surface area contributed by atoms with Crippen LogP contribution in [0.5, 0.6) is 0 Å². The molecule has 1 heterocycles. The second-order valence-electron chi connectivity index (χ2n) is 4.09. The van der Waals surface area contributed by atoms with Crippen LogP contribution in [0.4, 0.5) is 0 Å². The Morgan fingerprint density at radius 1 is 1.29 bits per heavy atom. The molecule has 0 radical (unpaired) electrons. The number of benzene rings is 1. The van der Waals surface area contributed by atoms with Gasteiger partial charge in [0, 0.05) is 17.6 Å². The second kappa shape index (κ2) is 5.85. The van der Waals surface area contributed by atoms with E-state index in [0.29, 0.717) is 10.6 Å². The molecule has 3 nitrogen and oxygen atoms in total. The summed E-state index contributed by atoms with van der Waals surface area (Å²) in [6.45, 7) is 1.83. The maximum absolute atomic E-state index is 12.0. The van der Waals surface area contributed by atoms with E-state index in [1.165, 1.54) is 6.42 Å². The highest BCUT2D eigenvalue weighted by Crippen LogP contribution is 2.25. The first-order valence-corrected chi connectivity index (χ1v) is 6.85. The monoisotopic (exact) mass is 316 g/mol. The van der Waals surface area contributed by atoms with Crippen LogP contribution in [0, 0.1) is 0 Å². The van der Waals surface area contributed by atoms with Gasteiger partial charge in [0.1, 0.15) is 0 Å². The SMILES string of the molecule is O=C(NN1CCCCC1)c1cccc(Br)c1Cl. The van der Waals surface area contributed by atoms with Gasteiger partial charge >= 0.3 is 0 Å². The molecule has 1 aromatic rings. The zero-order valence-corrected chi connectivity index (χ0v) is 11.7. The summed E-state index contributed by atoms with van der Waals surface area (Å²) in [5.41, 5.74) is 3.40. The number of carbonyl (C=O) groups is 1. The van der Waals surface area contributed by atoms with Crippen molar-refractivity contribution in [1.29, 1.82) is 0 Å². The van der Waals surface area contributed by atoms with Crippen molar-refractivity contribution in [3.63, 3.8) is 0 Å². The molecule has 0 aliphatic carbocycles. The molecule has 1 N–H and O–H groups in total. The molecule has 1 aromatic carbocycles. The Hall–Kier alpha value is -0.580. The molecule has 92 valence electrons. The van der Waals surface area contributed by atoms with E-state index in [-0.39, 0.29) is 5.91 Å². The fraction of sp³-hybridized carbons (Fsp3) is 0.417. The van der Waals surface area contributed by atoms with Gasteiger partial charge in [-0.1, -0.05) is 24.1 Å². The maximum atomic E-state index is 12.0. The van der Waals surface area contributed by atoms with Gasteiger partial charge < -0.3 is 0 Å². The molecular weight excluding hydrogens is 304 g/mol. The van der Waals surface area contributed by atoms with Crippen LogP contribution in [0.15, 0.2) is 22.7 Å². The molecule has 0 unspecified atom stereocenters. The molecule has 17 heavy (non-hydrogen) atoms. The van der Waals surface area contributed by atoms with Crippen LogP contribution in [0.25, 0.3) is 0 Å². The molecule has 1 saturated heterocycles. The predicted molar refractivity (Wildman–Crippen MR) is 72.0 cm³/mol. The van der Waals surface area contributed by atoms with Crippen molar-refractivity contribution >= 4 is 33.4 Å². The van der Waals surface area contributed by atoms with E-state index < -0.39 is 0 Å². The molecule has 1 amide bonds. The largest absolute Gasteiger partial charge is 0.285 e. The average molecular weight is 318 g/mol. The zero-order valence-electron chi connectivity index (χ0n) is 9.38. The fourth-order valence-corrected chi connectivity index (χ4v) is 2.47. The summed E-state index contributed by atoms with van der Waals surface area (Å²) in [4.78, 5) is 12.0. The summed E-state index contributed by atoms with van der Waals surface area (Å²) in [5, 5.41) is 2.42. The van der Waals surface area contributed by atoms with Crippen LogP contribution in [0.2, 0.25) is 5.02 Å².